The molecule has 0 radical (unpaired) electrons. The third-order valence-corrected chi connectivity index (χ3v) is 3.39. The molecule has 0 spiro atoms. The maximum Gasteiger partial charge on any atom is 0.328 e. The van der Waals surface area contributed by atoms with Crippen LogP contribution in [0.4, 0.5) is 0 Å². The average Bonchev–Trinajstić information content (AvgIpc) is 2.46. The standard InChI is InChI=1S/C14H16ClNO5/c1-9(21-11-4-2-3-10(15)7-11)13(17)16-5-6-20-8-12(16)14(18)19/h2-4,7,9,12H,5-6,8H2,1H3,(H,18,19)/t9-,12-/m0/s1. The summed E-state index contributed by atoms with van der Waals surface area (Å²) >= 11 is 5.85. The molecule has 0 unspecified atom stereocenters. The zero-order chi connectivity index (χ0) is 15.4. The van der Waals surface area contributed by atoms with E-state index in [0.717, 1.165) is 0 Å². The minimum Gasteiger partial charge on any atom is -0.481 e. The van der Waals surface area contributed by atoms with Gasteiger partial charge in [-0.05, 0) is 25.1 Å². The summed E-state index contributed by atoms with van der Waals surface area (Å²) in [4.78, 5) is 24.8. The number of hydrogen-bond donors (Lipinski definition) is 1. The summed E-state index contributed by atoms with van der Waals surface area (Å²) in [6.07, 6.45) is -0.802. The van der Waals surface area contributed by atoms with Crippen LogP contribution in [0.3, 0.4) is 0 Å². The van der Waals surface area contributed by atoms with Crippen LogP contribution in [-0.2, 0) is 14.3 Å². The normalized spacial score (nSPS) is 19.9. The molecule has 7 heteroatoms. The highest BCUT2D eigenvalue weighted by molar-refractivity contribution is 6.30. The zero-order valence-electron chi connectivity index (χ0n) is 11.5. The Morgan fingerprint density at radius 1 is 1.52 bits per heavy atom. The smallest absolute Gasteiger partial charge is 0.328 e. The summed E-state index contributed by atoms with van der Waals surface area (Å²) in [7, 11) is 0. The van der Waals surface area contributed by atoms with E-state index in [1.807, 2.05) is 0 Å². The highest BCUT2D eigenvalue weighted by Gasteiger charge is 2.35. The predicted octanol–water partition coefficient (Wildman–Crippen LogP) is 1.42. The highest BCUT2D eigenvalue weighted by atomic mass is 35.5. The lowest BCUT2D eigenvalue weighted by molar-refractivity contribution is -0.161. The summed E-state index contributed by atoms with van der Waals surface area (Å²) < 4.78 is 10.6. The van der Waals surface area contributed by atoms with Gasteiger partial charge in [-0.3, -0.25) is 4.79 Å². The summed E-state index contributed by atoms with van der Waals surface area (Å²) in [5, 5.41) is 9.64. The van der Waals surface area contributed by atoms with Gasteiger partial charge in [0.05, 0.1) is 13.2 Å². The van der Waals surface area contributed by atoms with Crippen LogP contribution in [0.25, 0.3) is 0 Å². The minimum atomic E-state index is -1.09. The van der Waals surface area contributed by atoms with Crippen LogP contribution in [0, 0.1) is 0 Å². The molecule has 1 N–H and O–H groups in total. The van der Waals surface area contributed by atoms with Gasteiger partial charge in [-0.2, -0.15) is 0 Å². The molecule has 1 aromatic rings. The molecule has 1 aromatic carbocycles. The van der Waals surface area contributed by atoms with Crippen LogP contribution in [0.5, 0.6) is 5.75 Å². The number of carbonyl (C=O) groups is 2. The van der Waals surface area contributed by atoms with Crippen LogP contribution in [0.1, 0.15) is 6.92 Å². The van der Waals surface area contributed by atoms with Crippen molar-refractivity contribution < 1.29 is 24.2 Å². The van der Waals surface area contributed by atoms with Gasteiger partial charge in [0.25, 0.3) is 5.91 Å². The molecule has 1 heterocycles. The molecule has 1 aliphatic heterocycles. The van der Waals surface area contributed by atoms with E-state index in [2.05, 4.69) is 0 Å². The van der Waals surface area contributed by atoms with Crippen molar-refractivity contribution in [1.29, 1.82) is 0 Å². The summed E-state index contributed by atoms with van der Waals surface area (Å²) in [5.41, 5.74) is 0. The first-order valence-electron chi connectivity index (χ1n) is 6.52. The third-order valence-electron chi connectivity index (χ3n) is 3.15. The lowest BCUT2D eigenvalue weighted by Gasteiger charge is -2.34. The van der Waals surface area contributed by atoms with Crippen molar-refractivity contribution in [2.75, 3.05) is 19.8 Å². The fourth-order valence-electron chi connectivity index (χ4n) is 2.10. The van der Waals surface area contributed by atoms with E-state index < -0.39 is 18.1 Å². The molecule has 1 saturated heterocycles. The maximum atomic E-state index is 12.4. The van der Waals surface area contributed by atoms with E-state index in [1.165, 1.54) is 4.90 Å². The van der Waals surface area contributed by atoms with Gasteiger partial charge in [0.2, 0.25) is 0 Å². The average molecular weight is 314 g/mol. The van der Waals surface area contributed by atoms with E-state index in [4.69, 9.17) is 26.2 Å². The number of ether oxygens (including phenoxy) is 2. The van der Waals surface area contributed by atoms with E-state index in [-0.39, 0.29) is 19.1 Å². The first kappa shape index (κ1) is 15.6. The topological polar surface area (TPSA) is 76.1 Å². The molecule has 2 rings (SSSR count). The molecule has 6 nitrogen and oxygen atoms in total. The Hall–Kier alpha value is -1.79. The van der Waals surface area contributed by atoms with Gasteiger partial charge in [-0.15, -0.1) is 0 Å². The van der Waals surface area contributed by atoms with Crippen LogP contribution >= 0.6 is 11.6 Å². The Balaban J connectivity index is 2.05. The second-order valence-electron chi connectivity index (χ2n) is 4.68. The molecule has 114 valence electrons. The van der Waals surface area contributed by atoms with Crippen LogP contribution in [-0.4, -0.2) is 53.8 Å². The Bertz CT molecular complexity index is 536. The largest absolute Gasteiger partial charge is 0.481 e. The van der Waals surface area contributed by atoms with Crippen molar-refractivity contribution in [1.82, 2.24) is 4.90 Å². The monoisotopic (exact) mass is 313 g/mol. The van der Waals surface area contributed by atoms with Crippen molar-refractivity contribution in [3.63, 3.8) is 0 Å². The van der Waals surface area contributed by atoms with Gasteiger partial charge in [0.15, 0.2) is 12.1 Å². The Morgan fingerprint density at radius 2 is 2.29 bits per heavy atom. The molecule has 0 aliphatic carbocycles. The number of nitrogens with zero attached hydrogens (tertiary/aromatic N) is 1. The molecular weight excluding hydrogens is 298 g/mol. The predicted molar refractivity (Wildman–Crippen MR) is 75.5 cm³/mol. The SMILES string of the molecule is C[C@H](Oc1cccc(Cl)c1)C(=O)N1CCOC[C@H]1C(=O)O. The second kappa shape index (κ2) is 6.78. The number of hydrogen-bond acceptors (Lipinski definition) is 4. The number of carbonyl (C=O) groups excluding carboxylic acids is 1. The molecule has 2 atom stereocenters. The number of morpholine rings is 1. The molecule has 1 amide bonds. The highest BCUT2D eigenvalue weighted by Crippen LogP contribution is 2.19. The van der Waals surface area contributed by atoms with Gasteiger partial charge in [0, 0.05) is 11.6 Å². The van der Waals surface area contributed by atoms with Gasteiger partial charge in [0.1, 0.15) is 5.75 Å². The van der Waals surface area contributed by atoms with E-state index in [0.29, 0.717) is 17.4 Å². The van der Waals surface area contributed by atoms with Crippen LogP contribution in [0.15, 0.2) is 24.3 Å². The van der Waals surface area contributed by atoms with Crippen molar-refractivity contribution >= 4 is 23.5 Å². The number of amides is 1. The minimum absolute atomic E-state index is 0.00897. The molecule has 0 aromatic heterocycles. The molecule has 21 heavy (non-hydrogen) atoms. The molecule has 1 fully saturated rings. The lowest BCUT2D eigenvalue weighted by Crippen LogP contribution is -2.55. The van der Waals surface area contributed by atoms with E-state index in [1.54, 1.807) is 31.2 Å². The Labute approximate surface area is 127 Å². The molecule has 0 saturated carbocycles. The Kier molecular flexibility index (Phi) is 5.03. The van der Waals surface area contributed by atoms with Gasteiger partial charge in [-0.25, -0.2) is 4.79 Å². The first-order chi connectivity index (χ1) is 9.99. The van der Waals surface area contributed by atoms with Crippen molar-refractivity contribution in [3.05, 3.63) is 29.3 Å². The van der Waals surface area contributed by atoms with Crippen molar-refractivity contribution in [2.45, 2.75) is 19.1 Å². The van der Waals surface area contributed by atoms with Crippen molar-refractivity contribution in [2.24, 2.45) is 0 Å². The lowest BCUT2D eigenvalue weighted by atomic mass is 10.2. The number of aliphatic carboxylic acids is 1. The van der Waals surface area contributed by atoms with E-state index in [9.17, 15) is 9.59 Å². The Morgan fingerprint density at radius 3 is 2.95 bits per heavy atom. The molecule has 1 aliphatic rings. The number of carboxylic acids is 1. The molecule has 0 bridgehead atoms. The summed E-state index contributed by atoms with van der Waals surface area (Å²) in [6, 6.07) is 5.72. The van der Waals surface area contributed by atoms with Gasteiger partial charge in [-0.1, -0.05) is 17.7 Å². The fourth-order valence-corrected chi connectivity index (χ4v) is 2.28. The van der Waals surface area contributed by atoms with Crippen LogP contribution < -0.4 is 4.74 Å². The van der Waals surface area contributed by atoms with Crippen molar-refractivity contribution in [3.8, 4) is 5.75 Å². The second-order valence-corrected chi connectivity index (χ2v) is 5.11. The van der Waals surface area contributed by atoms with Gasteiger partial charge < -0.3 is 19.5 Å². The number of halogens is 1. The summed E-state index contributed by atoms with van der Waals surface area (Å²) in [6.45, 7) is 2.13. The third kappa shape index (κ3) is 3.86. The number of carboxylic acid groups (broad SMARTS) is 1. The summed E-state index contributed by atoms with van der Waals surface area (Å²) in [5.74, 6) is -1.01. The quantitative estimate of drug-likeness (QED) is 0.910. The molecular formula is C14H16ClNO5. The maximum absolute atomic E-state index is 12.4. The zero-order valence-corrected chi connectivity index (χ0v) is 12.2. The fraction of sp³-hybridized carbons (Fsp3) is 0.429. The van der Waals surface area contributed by atoms with Gasteiger partial charge >= 0.3 is 5.97 Å². The number of benzene rings is 1. The van der Waals surface area contributed by atoms with E-state index >= 15 is 0 Å². The number of rotatable bonds is 4. The van der Waals surface area contributed by atoms with Crippen LogP contribution in [0.2, 0.25) is 5.02 Å². The first-order valence-corrected chi connectivity index (χ1v) is 6.90.